The summed E-state index contributed by atoms with van der Waals surface area (Å²) in [5, 5.41) is 20.1. The largest absolute Gasteiger partial charge is 0.509 e. The lowest BCUT2D eigenvalue weighted by Gasteiger charge is -2.36. The number of aliphatic hydroxyl groups excluding tert-OH is 1. The van der Waals surface area contributed by atoms with Gasteiger partial charge >= 0.3 is 6.18 Å². The summed E-state index contributed by atoms with van der Waals surface area (Å²) in [6.07, 6.45) is -4.38. The number of aromatic nitrogens is 2. The summed E-state index contributed by atoms with van der Waals surface area (Å²) < 4.78 is 38.9. The van der Waals surface area contributed by atoms with Crippen molar-refractivity contribution in [3.8, 4) is 6.07 Å². The molecule has 0 atom stereocenters. The average molecular weight is 427 g/mol. The fraction of sp³-hybridized carbons (Fsp3) is 0.273. The van der Waals surface area contributed by atoms with Gasteiger partial charge in [-0.05, 0) is 30.3 Å². The monoisotopic (exact) mass is 427 g/mol. The number of aromatic amines is 1. The number of benzene rings is 2. The number of aliphatic hydroxyl groups is 1. The molecule has 2 aromatic carbocycles. The van der Waals surface area contributed by atoms with Gasteiger partial charge in [0.1, 0.15) is 17.4 Å². The molecule has 0 unspecified atom stereocenters. The molecule has 9 heteroatoms. The third-order valence-corrected chi connectivity index (χ3v) is 5.31. The molecule has 0 bridgehead atoms. The molecule has 0 radical (unpaired) electrons. The lowest BCUT2D eigenvalue weighted by molar-refractivity contribution is -0.137. The van der Waals surface area contributed by atoms with E-state index in [2.05, 4.69) is 9.97 Å². The van der Waals surface area contributed by atoms with E-state index >= 15 is 0 Å². The van der Waals surface area contributed by atoms with Gasteiger partial charge in [-0.2, -0.15) is 18.4 Å². The van der Waals surface area contributed by atoms with Gasteiger partial charge < -0.3 is 15.0 Å². The molecule has 2 heterocycles. The molecule has 0 amide bonds. The Morgan fingerprint density at radius 1 is 1.10 bits per heavy atom. The molecule has 0 aliphatic carbocycles. The van der Waals surface area contributed by atoms with Gasteiger partial charge in [0, 0.05) is 31.9 Å². The molecule has 6 nitrogen and oxygen atoms in total. The average Bonchev–Trinajstić information content (AvgIpc) is 3.18. The Hall–Kier alpha value is -3.51. The van der Waals surface area contributed by atoms with E-state index in [9.17, 15) is 23.5 Å². The number of nitrogens with zero attached hydrogens (tertiary/aromatic N) is 4. The molecule has 1 aliphatic heterocycles. The van der Waals surface area contributed by atoms with Crippen molar-refractivity contribution in [2.75, 3.05) is 37.6 Å². The molecule has 1 aromatic heterocycles. The Bertz CT molecular complexity index is 1120. The standard InChI is InChI=1S/C22H20F3N5O/c23-22(24,25)15-4-3-5-16(12-15)30-10-8-29(9-11-30)14-20(31)17(13-26)21-27-18-6-1-2-7-19(18)28-21/h1-7,12,31H,8-11,14H2,(H,27,28). The van der Waals surface area contributed by atoms with Crippen LogP contribution in [0.4, 0.5) is 18.9 Å². The van der Waals surface area contributed by atoms with Crippen LogP contribution in [0.5, 0.6) is 0 Å². The highest BCUT2D eigenvalue weighted by Crippen LogP contribution is 2.32. The third-order valence-electron chi connectivity index (χ3n) is 5.31. The van der Waals surface area contributed by atoms with Gasteiger partial charge in [-0.15, -0.1) is 0 Å². The first-order chi connectivity index (χ1) is 14.8. The van der Waals surface area contributed by atoms with Gasteiger partial charge in [-0.25, -0.2) is 4.98 Å². The minimum Gasteiger partial charge on any atom is -0.509 e. The molecule has 1 saturated heterocycles. The molecule has 1 aliphatic rings. The predicted octanol–water partition coefficient (Wildman–Crippen LogP) is 4.20. The number of allylic oxidation sites excluding steroid dienone is 1. The lowest BCUT2D eigenvalue weighted by Crippen LogP contribution is -2.47. The first kappa shape index (κ1) is 20.8. The van der Waals surface area contributed by atoms with Crippen molar-refractivity contribution in [1.82, 2.24) is 14.9 Å². The summed E-state index contributed by atoms with van der Waals surface area (Å²) >= 11 is 0. The fourth-order valence-electron chi connectivity index (χ4n) is 3.66. The van der Waals surface area contributed by atoms with E-state index in [1.54, 1.807) is 6.07 Å². The number of H-pyrrole nitrogens is 1. The highest BCUT2D eigenvalue weighted by molar-refractivity contribution is 5.82. The lowest BCUT2D eigenvalue weighted by atomic mass is 10.1. The minimum absolute atomic E-state index is 0.0801. The Labute approximate surface area is 176 Å². The van der Waals surface area contributed by atoms with Gasteiger partial charge in [0.25, 0.3) is 0 Å². The Morgan fingerprint density at radius 3 is 2.52 bits per heavy atom. The van der Waals surface area contributed by atoms with Crippen molar-refractivity contribution >= 4 is 22.3 Å². The zero-order valence-corrected chi connectivity index (χ0v) is 16.5. The smallest absolute Gasteiger partial charge is 0.416 e. The van der Waals surface area contributed by atoms with Crippen LogP contribution in [0.1, 0.15) is 11.4 Å². The number of para-hydroxylation sites is 2. The summed E-state index contributed by atoms with van der Waals surface area (Å²) in [6, 6.07) is 14.6. The zero-order valence-electron chi connectivity index (χ0n) is 16.5. The number of hydrogen-bond acceptors (Lipinski definition) is 5. The summed E-state index contributed by atoms with van der Waals surface area (Å²) in [6.45, 7) is 2.27. The predicted molar refractivity (Wildman–Crippen MR) is 111 cm³/mol. The maximum Gasteiger partial charge on any atom is 0.416 e. The van der Waals surface area contributed by atoms with Gasteiger partial charge in [0.15, 0.2) is 5.82 Å². The number of halogens is 3. The maximum absolute atomic E-state index is 13.0. The molecule has 4 rings (SSSR count). The molecular weight excluding hydrogens is 407 g/mol. The normalized spacial score (nSPS) is 16.3. The molecule has 2 N–H and O–H groups in total. The van der Waals surface area contributed by atoms with Crippen molar-refractivity contribution in [3.63, 3.8) is 0 Å². The summed E-state index contributed by atoms with van der Waals surface area (Å²) in [4.78, 5) is 11.2. The van der Waals surface area contributed by atoms with Gasteiger partial charge in [0.2, 0.25) is 0 Å². The second-order valence-corrected chi connectivity index (χ2v) is 7.35. The third kappa shape index (κ3) is 4.49. The van der Waals surface area contributed by atoms with Gasteiger partial charge in [0.05, 0.1) is 23.1 Å². The van der Waals surface area contributed by atoms with Gasteiger partial charge in [-0.1, -0.05) is 18.2 Å². The number of piperazine rings is 1. The number of anilines is 1. The van der Waals surface area contributed by atoms with Crippen molar-refractivity contribution in [2.45, 2.75) is 6.18 Å². The fourth-order valence-corrected chi connectivity index (χ4v) is 3.66. The van der Waals surface area contributed by atoms with Crippen LogP contribution in [0.3, 0.4) is 0 Å². The Balaban J connectivity index is 1.44. The first-order valence-electron chi connectivity index (χ1n) is 9.77. The molecule has 31 heavy (non-hydrogen) atoms. The summed E-state index contributed by atoms with van der Waals surface area (Å²) in [5.74, 6) is 0.220. The number of nitriles is 1. The summed E-state index contributed by atoms with van der Waals surface area (Å²) in [7, 11) is 0. The van der Waals surface area contributed by atoms with Crippen molar-refractivity contribution in [3.05, 3.63) is 65.7 Å². The first-order valence-corrected chi connectivity index (χ1v) is 9.77. The summed E-state index contributed by atoms with van der Waals surface area (Å²) in [5.41, 5.74) is 1.41. The quantitative estimate of drug-likeness (QED) is 0.482. The number of fused-ring (bicyclic) bond motifs is 1. The minimum atomic E-state index is -4.38. The zero-order chi connectivity index (χ0) is 22.0. The van der Waals surface area contributed by atoms with Gasteiger partial charge in [-0.3, -0.25) is 4.90 Å². The van der Waals surface area contributed by atoms with E-state index in [-0.39, 0.29) is 17.9 Å². The molecule has 1 fully saturated rings. The highest BCUT2D eigenvalue weighted by Gasteiger charge is 2.31. The van der Waals surface area contributed by atoms with Crippen LogP contribution >= 0.6 is 0 Å². The van der Waals surface area contributed by atoms with E-state index in [1.165, 1.54) is 6.07 Å². The van der Waals surface area contributed by atoms with Crippen molar-refractivity contribution < 1.29 is 18.3 Å². The Kier molecular flexibility index (Phi) is 5.57. The molecule has 0 saturated carbocycles. The second kappa shape index (κ2) is 8.32. The molecule has 0 spiro atoms. The van der Waals surface area contributed by atoms with Crippen LogP contribution in [-0.2, 0) is 6.18 Å². The van der Waals surface area contributed by atoms with Crippen LogP contribution in [0, 0.1) is 11.3 Å². The number of alkyl halides is 3. The van der Waals surface area contributed by atoms with E-state index in [0.29, 0.717) is 43.2 Å². The number of imidazole rings is 1. The van der Waals surface area contributed by atoms with E-state index < -0.39 is 11.7 Å². The molecule has 3 aromatic rings. The number of hydrogen-bond donors (Lipinski definition) is 2. The van der Waals surface area contributed by atoms with Crippen LogP contribution in [0.15, 0.2) is 54.3 Å². The van der Waals surface area contributed by atoms with Crippen LogP contribution in [-0.4, -0.2) is 52.7 Å². The SMILES string of the molecule is N#CC(=C(O)CN1CCN(c2cccc(C(F)(F)F)c2)CC1)c1nc2ccccc2[nH]1. The number of nitrogens with one attached hydrogen (secondary N) is 1. The topological polar surface area (TPSA) is 79.2 Å². The molecule has 160 valence electrons. The second-order valence-electron chi connectivity index (χ2n) is 7.35. The van der Waals surface area contributed by atoms with Crippen LogP contribution < -0.4 is 4.90 Å². The highest BCUT2D eigenvalue weighted by atomic mass is 19.4. The maximum atomic E-state index is 13.0. The van der Waals surface area contributed by atoms with E-state index in [1.807, 2.05) is 40.1 Å². The number of rotatable bonds is 4. The Morgan fingerprint density at radius 2 is 1.84 bits per heavy atom. The van der Waals surface area contributed by atoms with E-state index in [4.69, 9.17) is 0 Å². The van der Waals surface area contributed by atoms with Crippen molar-refractivity contribution in [1.29, 1.82) is 5.26 Å². The van der Waals surface area contributed by atoms with Crippen molar-refractivity contribution in [2.24, 2.45) is 0 Å². The van der Waals surface area contributed by atoms with Crippen LogP contribution in [0.25, 0.3) is 16.6 Å². The van der Waals surface area contributed by atoms with E-state index in [0.717, 1.165) is 17.6 Å². The van der Waals surface area contributed by atoms with Crippen LogP contribution in [0.2, 0.25) is 0 Å². The molecular formula is C22H20F3N5O.